The molecule has 3 aromatic rings. The Balaban J connectivity index is 1.61. The van der Waals surface area contributed by atoms with E-state index in [1.807, 2.05) is 0 Å². The van der Waals surface area contributed by atoms with Crippen molar-refractivity contribution in [1.82, 2.24) is 19.5 Å². The van der Waals surface area contributed by atoms with Crippen molar-refractivity contribution >= 4 is 34.6 Å². The molecule has 33 heavy (non-hydrogen) atoms. The minimum atomic E-state index is -1.76. The van der Waals surface area contributed by atoms with E-state index in [1.165, 1.54) is 24.1 Å². The quantitative estimate of drug-likeness (QED) is 0.538. The van der Waals surface area contributed by atoms with Gasteiger partial charge in [-0.3, -0.25) is 14.2 Å². The number of halogens is 1. The predicted octanol–water partition coefficient (Wildman–Crippen LogP) is 2.62. The van der Waals surface area contributed by atoms with E-state index in [4.69, 9.17) is 10.8 Å². The second-order valence-corrected chi connectivity index (χ2v) is 7.53. The molecule has 1 saturated heterocycles. The molecule has 0 aliphatic carbocycles. The van der Waals surface area contributed by atoms with Crippen molar-refractivity contribution in [2.75, 3.05) is 5.32 Å². The molecule has 1 aliphatic heterocycles. The number of hydrogen-bond donors (Lipinski definition) is 1. The van der Waals surface area contributed by atoms with Crippen LogP contribution >= 0.6 is 0 Å². The molecular weight excluding hydrogens is 433 g/mol. The van der Waals surface area contributed by atoms with Gasteiger partial charge in [0.25, 0.3) is 5.91 Å². The van der Waals surface area contributed by atoms with Crippen LogP contribution in [0.25, 0.3) is 11.2 Å². The number of amides is 1. The number of esters is 1. The molecule has 3 heterocycles. The molecule has 172 valence electrons. The Morgan fingerprint density at radius 2 is 2.00 bits per heavy atom. The third kappa shape index (κ3) is 4.72. The van der Waals surface area contributed by atoms with Crippen LogP contribution in [-0.2, 0) is 19.1 Å². The first kappa shape index (κ1) is 21.1. The van der Waals surface area contributed by atoms with Crippen molar-refractivity contribution in [3.05, 3.63) is 48.5 Å². The van der Waals surface area contributed by atoms with Crippen LogP contribution in [0.3, 0.4) is 0 Å². The van der Waals surface area contributed by atoms with Crippen LogP contribution in [0.1, 0.15) is 44.6 Å². The molecule has 0 saturated carbocycles. The molecule has 1 N–H and O–H groups in total. The summed E-state index contributed by atoms with van der Waals surface area (Å²) in [7, 11) is 0. The van der Waals surface area contributed by atoms with Crippen LogP contribution < -0.4 is 5.32 Å². The van der Waals surface area contributed by atoms with Gasteiger partial charge in [0.2, 0.25) is 0 Å². The van der Waals surface area contributed by atoms with E-state index >= 15 is 0 Å². The molecule has 1 fully saturated rings. The molecule has 10 nitrogen and oxygen atoms in total. The van der Waals surface area contributed by atoms with Crippen molar-refractivity contribution in [3.63, 3.8) is 0 Å². The first-order valence-electron chi connectivity index (χ1n) is 10.9. The summed E-state index contributed by atoms with van der Waals surface area (Å²) >= 11 is 0. The van der Waals surface area contributed by atoms with Gasteiger partial charge in [-0.05, 0) is 26.0 Å². The van der Waals surface area contributed by atoms with Crippen LogP contribution in [0.5, 0.6) is 0 Å². The van der Waals surface area contributed by atoms with Crippen LogP contribution in [0.2, 0.25) is 0 Å². The van der Waals surface area contributed by atoms with Crippen LogP contribution in [0.15, 0.2) is 43.0 Å². The van der Waals surface area contributed by atoms with E-state index in [-0.39, 0.29) is 42.5 Å². The van der Waals surface area contributed by atoms with Crippen LogP contribution in [-0.4, -0.2) is 55.6 Å². The minimum absolute atomic E-state index is 0.0262. The number of aromatic nitrogens is 4. The summed E-state index contributed by atoms with van der Waals surface area (Å²) in [5, 5.41) is 2.68. The molecule has 4 rings (SSSR count). The zero-order valence-electron chi connectivity index (χ0n) is 18.7. The number of fused-ring (bicyclic) bond motifs is 1. The van der Waals surface area contributed by atoms with Gasteiger partial charge < -0.3 is 19.6 Å². The summed E-state index contributed by atoms with van der Waals surface area (Å²) in [4.78, 5) is 48.4. The molecule has 4 atom stereocenters. The highest BCUT2D eigenvalue weighted by Gasteiger charge is 2.47. The number of alkyl halides is 1. The van der Waals surface area contributed by atoms with E-state index in [1.54, 1.807) is 30.3 Å². The smallest absolute Gasteiger partial charge is 0.306 e. The Labute approximate surface area is 189 Å². The van der Waals surface area contributed by atoms with E-state index in [2.05, 4.69) is 20.3 Å². The SMILES string of the molecule is [2H]C[C@H]1O[C@@H](n2cnc3c(NC(=O)c4ccccc4)ncnc32)C(OC(=O)CCC(C)=O)[C@H]1F. The molecule has 1 aromatic carbocycles. The maximum absolute atomic E-state index is 15.0. The lowest BCUT2D eigenvalue weighted by atomic mass is 10.1. The highest BCUT2D eigenvalue weighted by molar-refractivity contribution is 6.06. The van der Waals surface area contributed by atoms with Crippen LogP contribution in [0.4, 0.5) is 10.2 Å². The lowest BCUT2D eigenvalue weighted by molar-refractivity contribution is -0.157. The topological polar surface area (TPSA) is 125 Å². The second kappa shape index (κ2) is 9.41. The fourth-order valence-electron chi connectivity index (χ4n) is 3.44. The minimum Gasteiger partial charge on any atom is -0.454 e. The Kier molecular flexibility index (Phi) is 6.03. The number of ether oxygens (including phenoxy) is 2. The fraction of sp³-hybridized carbons (Fsp3) is 0.364. The van der Waals surface area contributed by atoms with Gasteiger partial charge in [-0.25, -0.2) is 19.3 Å². The fourth-order valence-corrected chi connectivity index (χ4v) is 3.44. The second-order valence-electron chi connectivity index (χ2n) is 7.53. The van der Waals surface area contributed by atoms with Gasteiger partial charge in [0.15, 0.2) is 35.5 Å². The standard InChI is InChI=1S/C22H22FN5O5/c1-12(29)8-9-15(30)33-18-16(23)13(2)32-22(18)28-11-26-17-19(24-10-25-20(17)28)27-21(31)14-6-4-3-5-7-14/h3-7,10-11,13,16,18,22H,8-9H2,1-2H3,(H,24,25,27,31)/t13-,16+,18?,22-/m1/s1/i2D. The molecular formula is C22H22FN5O5. The largest absolute Gasteiger partial charge is 0.454 e. The average Bonchev–Trinajstić information content (AvgIpc) is 3.40. The number of hydrogen-bond acceptors (Lipinski definition) is 8. The first-order valence-corrected chi connectivity index (χ1v) is 10.2. The zero-order chi connectivity index (χ0) is 24.2. The third-order valence-electron chi connectivity index (χ3n) is 5.11. The normalized spacial score (nSPS) is 22.7. The lowest BCUT2D eigenvalue weighted by Gasteiger charge is -2.21. The highest BCUT2D eigenvalue weighted by atomic mass is 19.1. The van der Waals surface area contributed by atoms with Crippen LogP contribution in [0, 0.1) is 0 Å². The zero-order valence-corrected chi connectivity index (χ0v) is 17.7. The van der Waals surface area contributed by atoms with Crippen molar-refractivity contribution in [1.29, 1.82) is 0 Å². The summed E-state index contributed by atoms with van der Waals surface area (Å²) in [6.07, 6.45) is -3.11. The molecule has 0 bridgehead atoms. The lowest BCUT2D eigenvalue weighted by Crippen LogP contribution is -2.32. The van der Waals surface area contributed by atoms with Gasteiger partial charge in [-0.1, -0.05) is 18.2 Å². The number of nitrogens with zero attached hydrogens (tertiary/aromatic N) is 4. The molecule has 0 spiro atoms. The maximum Gasteiger partial charge on any atom is 0.306 e. The Morgan fingerprint density at radius 3 is 2.73 bits per heavy atom. The van der Waals surface area contributed by atoms with Gasteiger partial charge in [0, 0.05) is 13.4 Å². The maximum atomic E-state index is 15.0. The first-order chi connectivity index (χ1) is 16.4. The Bertz CT molecular complexity index is 1210. The van der Waals surface area contributed by atoms with E-state index in [0.717, 1.165) is 0 Å². The van der Waals surface area contributed by atoms with E-state index in [0.29, 0.717) is 5.56 Å². The monoisotopic (exact) mass is 456 g/mol. The molecule has 2 aromatic heterocycles. The predicted molar refractivity (Wildman–Crippen MR) is 114 cm³/mol. The molecule has 1 amide bonds. The number of nitrogens with one attached hydrogen (secondary N) is 1. The van der Waals surface area contributed by atoms with Gasteiger partial charge in [0.05, 0.1) is 18.9 Å². The van der Waals surface area contributed by atoms with E-state index < -0.39 is 36.5 Å². The summed E-state index contributed by atoms with van der Waals surface area (Å²) in [5.74, 6) is -1.21. The highest BCUT2D eigenvalue weighted by Crippen LogP contribution is 2.36. The summed E-state index contributed by atoms with van der Waals surface area (Å²) in [5.41, 5.74) is 0.858. The number of carbonyl (C=O) groups excluding carboxylic acids is 3. The Hall–Kier alpha value is -3.73. The number of imidazole rings is 1. The van der Waals surface area contributed by atoms with Gasteiger partial charge in [-0.2, -0.15) is 0 Å². The summed E-state index contributed by atoms with van der Waals surface area (Å²) in [6.45, 7) is 0.952. The number of benzene rings is 1. The Morgan fingerprint density at radius 1 is 1.21 bits per heavy atom. The average molecular weight is 456 g/mol. The molecule has 1 aliphatic rings. The van der Waals surface area contributed by atoms with Crippen molar-refractivity contribution < 1.29 is 29.6 Å². The summed E-state index contributed by atoms with van der Waals surface area (Å²) < 4.78 is 34.9. The molecule has 1 unspecified atom stereocenters. The van der Waals surface area contributed by atoms with Gasteiger partial charge >= 0.3 is 5.97 Å². The third-order valence-corrected chi connectivity index (χ3v) is 5.11. The van der Waals surface area contributed by atoms with Crippen molar-refractivity contribution in [2.24, 2.45) is 0 Å². The molecule has 11 heteroatoms. The van der Waals surface area contributed by atoms with Gasteiger partial charge in [-0.15, -0.1) is 0 Å². The number of anilines is 1. The number of ketones is 1. The van der Waals surface area contributed by atoms with E-state index in [9.17, 15) is 18.8 Å². The number of rotatable bonds is 7. The molecule has 0 radical (unpaired) electrons. The van der Waals surface area contributed by atoms with Crippen molar-refractivity contribution in [3.8, 4) is 0 Å². The number of carbonyl (C=O) groups is 3. The summed E-state index contributed by atoms with van der Waals surface area (Å²) in [6, 6.07) is 8.53. The number of Topliss-reactive ketones (excluding diaryl/α,β-unsaturated/α-hetero) is 1. The van der Waals surface area contributed by atoms with Crippen molar-refractivity contribution in [2.45, 2.75) is 51.3 Å². The van der Waals surface area contributed by atoms with Gasteiger partial charge in [0.1, 0.15) is 12.1 Å².